The predicted molar refractivity (Wildman–Crippen MR) is 75.8 cm³/mol. The van der Waals surface area contributed by atoms with Gasteiger partial charge >= 0.3 is 0 Å². The first-order chi connectivity index (χ1) is 9.24. The topological polar surface area (TPSA) is 41.1 Å². The van der Waals surface area contributed by atoms with Crippen LogP contribution in [-0.2, 0) is 11.3 Å². The SMILES string of the molecule is Cc1ccc(CNC2C(=O)Nc3ccccc32)cc1. The highest BCUT2D eigenvalue weighted by Gasteiger charge is 2.29. The lowest BCUT2D eigenvalue weighted by Crippen LogP contribution is -2.27. The molecular formula is C16H16N2O. The third-order valence-corrected chi connectivity index (χ3v) is 3.42. The molecule has 2 aromatic carbocycles. The molecule has 2 aromatic rings. The number of para-hydroxylation sites is 1. The first-order valence-electron chi connectivity index (χ1n) is 6.43. The number of hydrogen-bond acceptors (Lipinski definition) is 2. The molecule has 0 aliphatic carbocycles. The van der Waals surface area contributed by atoms with E-state index in [0.29, 0.717) is 6.54 Å². The summed E-state index contributed by atoms with van der Waals surface area (Å²) in [5.74, 6) is 0.0216. The number of rotatable bonds is 3. The van der Waals surface area contributed by atoms with Gasteiger partial charge in [0.1, 0.15) is 6.04 Å². The molecule has 19 heavy (non-hydrogen) atoms. The molecule has 0 saturated heterocycles. The first kappa shape index (κ1) is 11.9. The van der Waals surface area contributed by atoms with Gasteiger partial charge in [-0.3, -0.25) is 10.1 Å². The Morgan fingerprint density at radius 2 is 1.84 bits per heavy atom. The van der Waals surface area contributed by atoms with Gasteiger partial charge in [-0.2, -0.15) is 0 Å². The Morgan fingerprint density at radius 1 is 1.11 bits per heavy atom. The summed E-state index contributed by atoms with van der Waals surface area (Å²) < 4.78 is 0. The summed E-state index contributed by atoms with van der Waals surface area (Å²) in [7, 11) is 0. The molecule has 1 heterocycles. The van der Waals surface area contributed by atoms with Crippen molar-refractivity contribution in [3.8, 4) is 0 Å². The van der Waals surface area contributed by atoms with Crippen molar-refractivity contribution in [2.24, 2.45) is 0 Å². The molecule has 1 atom stereocenters. The Morgan fingerprint density at radius 3 is 2.63 bits per heavy atom. The molecule has 1 amide bonds. The van der Waals surface area contributed by atoms with E-state index < -0.39 is 0 Å². The maximum absolute atomic E-state index is 11.9. The fourth-order valence-corrected chi connectivity index (χ4v) is 2.34. The molecule has 0 saturated carbocycles. The van der Waals surface area contributed by atoms with E-state index in [1.54, 1.807) is 0 Å². The van der Waals surface area contributed by atoms with Crippen LogP contribution in [-0.4, -0.2) is 5.91 Å². The normalized spacial score (nSPS) is 17.1. The monoisotopic (exact) mass is 252 g/mol. The van der Waals surface area contributed by atoms with Crippen molar-refractivity contribution < 1.29 is 4.79 Å². The van der Waals surface area contributed by atoms with Crippen LogP contribution >= 0.6 is 0 Å². The summed E-state index contributed by atoms with van der Waals surface area (Å²) in [6, 6.07) is 15.9. The van der Waals surface area contributed by atoms with Crippen LogP contribution in [0.15, 0.2) is 48.5 Å². The molecule has 1 unspecified atom stereocenters. The van der Waals surface area contributed by atoms with E-state index in [1.807, 2.05) is 24.3 Å². The molecular weight excluding hydrogens is 236 g/mol. The maximum atomic E-state index is 11.9. The number of aryl methyl sites for hydroxylation is 1. The van der Waals surface area contributed by atoms with Gasteiger partial charge in [-0.05, 0) is 18.6 Å². The lowest BCUT2D eigenvalue weighted by Gasteiger charge is -2.11. The summed E-state index contributed by atoms with van der Waals surface area (Å²) in [4.78, 5) is 11.9. The molecule has 96 valence electrons. The second-order valence-corrected chi connectivity index (χ2v) is 4.88. The van der Waals surface area contributed by atoms with Crippen molar-refractivity contribution in [2.75, 3.05) is 5.32 Å². The van der Waals surface area contributed by atoms with Crippen LogP contribution in [0.2, 0.25) is 0 Å². The Hall–Kier alpha value is -2.13. The van der Waals surface area contributed by atoms with E-state index in [0.717, 1.165) is 11.3 Å². The molecule has 0 spiro atoms. The van der Waals surface area contributed by atoms with Crippen molar-refractivity contribution in [2.45, 2.75) is 19.5 Å². The van der Waals surface area contributed by atoms with Gasteiger partial charge in [0.2, 0.25) is 5.91 Å². The molecule has 0 bridgehead atoms. The highest BCUT2D eigenvalue weighted by Crippen LogP contribution is 2.30. The standard InChI is InChI=1S/C16H16N2O/c1-11-6-8-12(9-7-11)10-17-15-13-4-2-3-5-14(13)18-16(15)19/h2-9,15,17H,10H2,1H3,(H,18,19). The van der Waals surface area contributed by atoms with Crippen molar-refractivity contribution in [1.82, 2.24) is 5.32 Å². The van der Waals surface area contributed by atoms with E-state index in [9.17, 15) is 4.79 Å². The van der Waals surface area contributed by atoms with Gasteiger partial charge in [-0.25, -0.2) is 0 Å². The molecule has 0 fully saturated rings. The Kier molecular flexibility index (Phi) is 3.05. The van der Waals surface area contributed by atoms with E-state index in [2.05, 4.69) is 41.8 Å². The van der Waals surface area contributed by atoms with E-state index in [4.69, 9.17) is 0 Å². The molecule has 2 N–H and O–H groups in total. The van der Waals surface area contributed by atoms with Gasteiger partial charge in [-0.15, -0.1) is 0 Å². The Labute approximate surface area is 112 Å². The number of carbonyl (C=O) groups is 1. The minimum Gasteiger partial charge on any atom is -0.324 e. The molecule has 3 heteroatoms. The van der Waals surface area contributed by atoms with Crippen molar-refractivity contribution >= 4 is 11.6 Å². The number of benzene rings is 2. The quantitative estimate of drug-likeness (QED) is 0.882. The average molecular weight is 252 g/mol. The number of hydrogen-bond donors (Lipinski definition) is 2. The number of fused-ring (bicyclic) bond motifs is 1. The zero-order chi connectivity index (χ0) is 13.2. The van der Waals surface area contributed by atoms with Gasteiger partial charge in [0.05, 0.1) is 0 Å². The van der Waals surface area contributed by atoms with Crippen LogP contribution in [0.3, 0.4) is 0 Å². The highest BCUT2D eigenvalue weighted by molar-refractivity contribution is 6.02. The van der Waals surface area contributed by atoms with Crippen LogP contribution in [0, 0.1) is 6.92 Å². The Balaban J connectivity index is 1.73. The molecule has 0 aromatic heterocycles. The fourth-order valence-electron chi connectivity index (χ4n) is 2.34. The summed E-state index contributed by atoms with van der Waals surface area (Å²) >= 11 is 0. The van der Waals surface area contributed by atoms with Gasteiger partial charge in [0.25, 0.3) is 0 Å². The largest absolute Gasteiger partial charge is 0.324 e. The van der Waals surface area contributed by atoms with Crippen molar-refractivity contribution in [1.29, 1.82) is 0 Å². The van der Waals surface area contributed by atoms with Crippen LogP contribution < -0.4 is 10.6 Å². The zero-order valence-corrected chi connectivity index (χ0v) is 10.8. The second kappa shape index (κ2) is 4.86. The van der Waals surface area contributed by atoms with Gasteiger partial charge in [-0.1, -0.05) is 48.0 Å². The second-order valence-electron chi connectivity index (χ2n) is 4.88. The van der Waals surface area contributed by atoms with E-state index >= 15 is 0 Å². The molecule has 0 radical (unpaired) electrons. The van der Waals surface area contributed by atoms with E-state index in [1.165, 1.54) is 11.1 Å². The smallest absolute Gasteiger partial charge is 0.246 e. The number of carbonyl (C=O) groups excluding carboxylic acids is 1. The molecule has 3 nitrogen and oxygen atoms in total. The molecule has 3 rings (SSSR count). The van der Waals surface area contributed by atoms with Crippen LogP contribution in [0.4, 0.5) is 5.69 Å². The van der Waals surface area contributed by atoms with E-state index in [-0.39, 0.29) is 11.9 Å². The lowest BCUT2D eigenvalue weighted by molar-refractivity contribution is -0.117. The number of anilines is 1. The predicted octanol–water partition coefficient (Wildman–Crippen LogP) is 2.78. The average Bonchev–Trinajstić information content (AvgIpc) is 2.74. The molecule has 1 aliphatic rings. The fraction of sp³-hybridized carbons (Fsp3) is 0.188. The third kappa shape index (κ3) is 2.37. The summed E-state index contributed by atoms with van der Waals surface area (Å²) in [6.07, 6.45) is 0. The lowest BCUT2D eigenvalue weighted by atomic mass is 10.1. The van der Waals surface area contributed by atoms with Crippen molar-refractivity contribution in [3.63, 3.8) is 0 Å². The third-order valence-electron chi connectivity index (χ3n) is 3.42. The van der Waals surface area contributed by atoms with Crippen molar-refractivity contribution in [3.05, 3.63) is 65.2 Å². The summed E-state index contributed by atoms with van der Waals surface area (Å²) in [5.41, 5.74) is 4.36. The minimum atomic E-state index is -0.252. The minimum absolute atomic E-state index is 0.0216. The zero-order valence-electron chi connectivity index (χ0n) is 10.8. The highest BCUT2D eigenvalue weighted by atomic mass is 16.2. The van der Waals surface area contributed by atoms with Gasteiger partial charge in [0, 0.05) is 17.8 Å². The Bertz CT molecular complexity index is 604. The molecule has 1 aliphatic heterocycles. The number of nitrogens with one attached hydrogen (secondary N) is 2. The van der Waals surface area contributed by atoms with Crippen LogP contribution in [0.5, 0.6) is 0 Å². The maximum Gasteiger partial charge on any atom is 0.246 e. The summed E-state index contributed by atoms with van der Waals surface area (Å²) in [6.45, 7) is 2.75. The first-order valence-corrected chi connectivity index (χ1v) is 6.43. The van der Waals surface area contributed by atoms with Gasteiger partial charge < -0.3 is 5.32 Å². The summed E-state index contributed by atoms with van der Waals surface area (Å²) in [5, 5.41) is 6.20. The van der Waals surface area contributed by atoms with Crippen LogP contribution in [0.25, 0.3) is 0 Å². The number of amides is 1. The van der Waals surface area contributed by atoms with Crippen LogP contribution in [0.1, 0.15) is 22.7 Å². The van der Waals surface area contributed by atoms with Gasteiger partial charge in [0.15, 0.2) is 0 Å².